The Kier molecular flexibility index (Phi) is 6.96. The van der Waals surface area contributed by atoms with Gasteiger partial charge in [-0.25, -0.2) is 0 Å². The van der Waals surface area contributed by atoms with Gasteiger partial charge in [-0.05, 0) is 48.0 Å². The van der Waals surface area contributed by atoms with Crippen LogP contribution in [-0.2, 0) is 0 Å². The first-order valence-electron chi connectivity index (χ1n) is 8.96. The average Bonchev–Trinajstić information content (AvgIpc) is 2.74. The number of carbonyl (C=O) groups excluding carboxylic acids is 1. The van der Waals surface area contributed by atoms with Crippen LogP contribution in [0.2, 0.25) is 0 Å². The van der Waals surface area contributed by atoms with E-state index in [-0.39, 0.29) is 28.3 Å². The van der Waals surface area contributed by atoms with Gasteiger partial charge in [-0.15, -0.1) is 0 Å². The predicted molar refractivity (Wildman–Crippen MR) is 106 cm³/mol. The number of nitrogens with one attached hydrogen (secondary N) is 1. The first-order chi connectivity index (χ1) is 14.9. The topological polar surface area (TPSA) is 56.8 Å². The van der Waals surface area contributed by atoms with E-state index in [9.17, 15) is 22.4 Å². The van der Waals surface area contributed by atoms with Gasteiger partial charge in [0, 0.05) is 11.3 Å². The Balaban J connectivity index is 1.92. The van der Waals surface area contributed by atoms with Crippen LogP contribution >= 0.6 is 0 Å². The third kappa shape index (κ3) is 5.65. The molecule has 0 heterocycles. The second-order valence-electron chi connectivity index (χ2n) is 6.15. The number of rotatable bonds is 8. The minimum atomic E-state index is -3.10. The second kappa shape index (κ2) is 9.84. The number of alkyl halides is 4. The van der Waals surface area contributed by atoms with Crippen LogP contribution in [-0.4, -0.2) is 26.2 Å². The molecular weight excluding hydrogens is 418 g/mol. The molecule has 0 unspecified atom stereocenters. The van der Waals surface area contributed by atoms with E-state index in [1.807, 2.05) is 0 Å². The van der Waals surface area contributed by atoms with E-state index in [0.717, 1.165) is 0 Å². The highest BCUT2D eigenvalue weighted by Gasteiger charge is 2.17. The summed E-state index contributed by atoms with van der Waals surface area (Å²) in [6.45, 7) is -6.14. The average molecular weight is 435 g/mol. The van der Waals surface area contributed by atoms with Gasteiger partial charge in [-0.2, -0.15) is 17.6 Å². The molecule has 0 saturated heterocycles. The Morgan fingerprint density at radius 2 is 1.48 bits per heavy atom. The first kappa shape index (κ1) is 21.9. The molecule has 9 heteroatoms. The minimum Gasteiger partial charge on any atom is -0.497 e. The predicted octanol–water partition coefficient (Wildman–Crippen LogP) is 5.82. The Morgan fingerprint density at radius 1 is 0.839 bits per heavy atom. The van der Waals surface area contributed by atoms with Crippen LogP contribution in [0.15, 0.2) is 66.7 Å². The Morgan fingerprint density at radius 3 is 2.13 bits per heavy atom. The van der Waals surface area contributed by atoms with Gasteiger partial charge in [-0.1, -0.05) is 24.3 Å². The molecule has 1 N–H and O–H groups in total. The molecule has 0 fully saturated rings. The lowest BCUT2D eigenvalue weighted by Crippen LogP contribution is -2.15. The molecule has 162 valence electrons. The lowest BCUT2D eigenvalue weighted by Gasteiger charge is -2.15. The van der Waals surface area contributed by atoms with Crippen LogP contribution in [0.4, 0.5) is 23.2 Å². The van der Waals surface area contributed by atoms with Crippen molar-refractivity contribution in [1.82, 2.24) is 0 Å². The van der Waals surface area contributed by atoms with Gasteiger partial charge in [0.15, 0.2) is 0 Å². The highest BCUT2D eigenvalue weighted by molar-refractivity contribution is 6.06. The molecule has 0 aliphatic heterocycles. The number of amides is 1. The highest BCUT2D eigenvalue weighted by Crippen LogP contribution is 2.35. The molecular formula is C22H17F4NO4. The fourth-order valence-corrected chi connectivity index (χ4v) is 2.85. The van der Waals surface area contributed by atoms with E-state index < -0.39 is 19.1 Å². The van der Waals surface area contributed by atoms with Crippen molar-refractivity contribution in [3.8, 4) is 28.4 Å². The molecule has 0 aliphatic carbocycles. The fraction of sp³-hybridized carbons (Fsp3) is 0.136. The maximum Gasteiger partial charge on any atom is 0.387 e. The molecule has 0 aromatic heterocycles. The van der Waals surface area contributed by atoms with E-state index >= 15 is 0 Å². The van der Waals surface area contributed by atoms with Gasteiger partial charge in [0.25, 0.3) is 5.91 Å². The number of carbonyl (C=O) groups is 1. The maximum atomic E-state index is 12.8. The van der Waals surface area contributed by atoms with Crippen LogP contribution in [0.1, 0.15) is 10.4 Å². The van der Waals surface area contributed by atoms with Crippen molar-refractivity contribution in [2.45, 2.75) is 13.2 Å². The number of para-hydroxylation sites is 1. The van der Waals surface area contributed by atoms with E-state index in [0.29, 0.717) is 11.3 Å². The van der Waals surface area contributed by atoms with Crippen molar-refractivity contribution in [2.24, 2.45) is 0 Å². The highest BCUT2D eigenvalue weighted by atomic mass is 19.3. The van der Waals surface area contributed by atoms with E-state index in [4.69, 9.17) is 4.74 Å². The van der Waals surface area contributed by atoms with Crippen LogP contribution in [0, 0.1) is 0 Å². The van der Waals surface area contributed by atoms with Gasteiger partial charge >= 0.3 is 13.2 Å². The number of halogens is 4. The van der Waals surface area contributed by atoms with Gasteiger partial charge in [0.2, 0.25) is 0 Å². The quantitative estimate of drug-likeness (QED) is 0.453. The van der Waals surface area contributed by atoms with Crippen LogP contribution in [0.25, 0.3) is 11.1 Å². The van der Waals surface area contributed by atoms with Crippen molar-refractivity contribution >= 4 is 11.6 Å². The lowest BCUT2D eigenvalue weighted by atomic mass is 10.0. The molecule has 5 nitrogen and oxygen atoms in total. The number of methoxy groups -OCH3 is 1. The molecule has 3 aromatic carbocycles. The lowest BCUT2D eigenvalue weighted by molar-refractivity contribution is -0.0505. The molecule has 3 aromatic rings. The van der Waals surface area contributed by atoms with Gasteiger partial charge in [0.1, 0.15) is 17.2 Å². The summed E-state index contributed by atoms with van der Waals surface area (Å²) in [7, 11) is 1.49. The zero-order chi connectivity index (χ0) is 22.4. The number of hydrogen-bond donors (Lipinski definition) is 1. The third-order valence-corrected chi connectivity index (χ3v) is 4.20. The summed E-state index contributed by atoms with van der Waals surface area (Å²) in [5, 5.41) is 2.55. The summed E-state index contributed by atoms with van der Waals surface area (Å²) in [5.74, 6) is -0.526. The maximum absolute atomic E-state index is 12.8. The van der Waals surface area contributed by atoms with E-state index in [1.54, 1.807) is 24.3 Å². The van der Waals surface area contributed by atoms with E-state index in [1.165, 1.54) is 49.6 Å². The molecule has 0 atom stereocenters. The summed E-state index contributed by atoms with van der Waals surface area (Å²) in [6.07, 6.45) is 0. The Labute approximate surface area is 175 Å². The summed E-state index contributed by atoms with van der Waals surface area (Å²) in [6, 6.07) is 16.2. The van der Waals surface area contributed by atoms with Crippen molar-refractivity contribution < 1.29 is 36.6 Å². The van der Waals surface area contributed by atoms with Crippen LogP contribution in [0.5, 0.6) is 17.2 Å². The van der Waals surface area contributed by atoms with Gasteiger partial charge < -0.3 is 19.5 Å². The number of anilines is 1. The normalized spacial score (nSPS) is 10.8. The zero-order valence-electron chi connectivity index (χ0n) is 16.2. The summed E-state index contributed by atoms with van der Waals surface area (Å²) >= 11 is 0. The smallest absolute Gasteiger partial charge is 0.387 e. The SMILES string of the molecule is COc1ccc(-c2cc(NC(=O)c3ccccc3OC(F)F)ccc2OC(F)F)cc1. The molecule has 31 heavy (non-hydrogen) atoms. The number of hydrogen-bond acceptors (Lipinski definition) is 4. The second-order valence-corrected chi connectivity index (χ2v) is 6.15. The third-order valence-electron chi connectivity index (χ3n) is 4.20. The van der Waals surface area contributed by atoms with Crippen molar-refractivity contribution in [1.29, 1.82) is 0 Å². The summed E-state index contributed by atoms with van der Waals surface area (Å²) in [5.41, 5.74) is 0.956. The molecule has 1 amide bonds. The van der Waals surface area contributed by atoms with Gasteiger partial charge in [0.05, 0.1) is 12.7 Å². The molecule has 0 saturated carbocycles. The number of benzene rings is 3. The van der Waals surface area contributed by atoms with Crippen LogP contribution < -0.4 is 19.5 Å². The van der Waals surface area contributed by atoms with Gasteiger partial charge in [-0.3, -0.25) is 4.79 Å². The Hall–Kier alpha value is -3.75. The molecule has 0 radical (unpaired) electrons. The molecule has 3 rings (SSSR count). The monoisotopic (exact) mass is 435 g/mol. The first-order valence-corrected chi connectivity index (χ1v) is 8.96. The Bertz CT molecular complexity index is 1040. The van der Waals surface area contributed by atoms with Crippen molar-refractivity contribution in [3.05, 3.63) is 72.3 Å². The van der Waals surface area contributed by atoms with Crippen molar-refractivity contribution in [3.63, 3.8) is 0 Å². The largest absolute Gasteiger partial charge is 0.497 e. The standard InChI is InChI=1S/C22H17F4NO4/c1-29-15-9-6-13(7-10-15)17-12-14(8-11-19(17)31-22(25)26)27-20(28)16-4-2-3-5-18(16)30-21(23)24/h2-12,21-22H,1H3,(H,27,28). The zero-order valence-corrected chi connectivity index (χ0v) is 16.2. The van der Waals surface area contributed by atoms with E-state index in [2.05, 4.69) is 14.8 Å². The molecule has 0 spiro atoms. The van der Waals surface area contributed by atoms with Crippen molar-refractivity contribution in [2.75, 3.05) is 12.4 Å². The molecule has 0 bridgehead atoms. The molecule has 0 aliphatic rings. The van der Waals surface area contributed by atoms with Crippen LogP contribution in [0.3, 0.4) is 0 Å². The number of ether oxygens (including phenoxy) is 3. The summed E-state index contributed by atoms with van der Waals surface area (Å²) < 4.78 is 64.9. The minimum absolute atomic E-state index is 0.0976. The summed E-state index contributed by atoms with van der Waals surface area (Å²) in [4.78, 5) is 12.6. The fourth-order valence-electron chi connectivity index (χ4n) is 2.85.